The van der Waals surface area contributed by atoms with E-state index in [-0.39, 0.29) is 24.1 Å². The second kappa shape index (κ2) is 8.73. The van der Waals surface area contributed by atoms with Crippen molar-refractivity contribution in [2.75, 3.05) is 33.1 Å². The van der Waals surface area contributed by atoms with E-state index in [1.807, 2.05) is 26.0 Å². The van der Waals surface area contributed by atoms with E-state index in [9.17, 15) is 13.2 Å². The Morgan fingerprint density at radius 1 is 1.19 bits per heavy atom. The number of carbonyl (C=O) groups excluding carboxylic acids is 1. The standard InChI is InChI=1S/C18H28N2O5S/c1-13(2)9-18(21)19-6-8-26(22,23)20-7-5-14-10-16(24-3)17(25-4)11-15(14)12-20/h10-11,13H,5-9,12H2,1-4H3,(H,19,21). The predicted octanol–water partition coefficient (Wildman–Crippen LogP) is 1.55. The Bertz CT molecular complexity index is 746. The number of hydrogen-bond acceptors (Lipinski definition) is 5. The minimum atomic E-state index is -3.44. The van der Waals surface area contributed by atoms with Crippen LogP contribution in [0, 0.1) is 5.92 Å². The highest BCUT2D eigenvalue weighted by atomic mass is 32.2. The van der Waals surface area contributed by atoms with Crippen LogP contribution in [0.15, 0.2) is 12.1 Å². The van der Waals surface area contributed by atoms with E-state index in [0.29, 0.717) is 37.4 Å². The summed E-state index contributed by atoms with van der Waals surface area (Å²) in [5, 5.41) is 2.68. The van der Waals surface area contributed by atoms with Crippen LogP contribution in [0.3, 0.4) is 0 Å². The van der Waals surface area contributed by atoms with Gasteiger partial charge < -0.3 is 14.8 Å². The number of methoxy groups -OCH3 is 2. The first-order valence-electron chi connectivity index (χ1n) is 8.75. The van der Waals surface area contributed by atoms with Crippen LogP contribution in [-0.2, 0) is 27.8 Å². The van der Waals surface area contributed by atoms with E-state index >= 15 is 0 Å². The molecule has 1 aromatic carbocycles. The van der Waals surface area contributed by atoms with Gasteiger partial charge in [-0.05, 0) is 35.6 Å². The molecule has 26 heavy (non-hydrogen) atoms. The number of nitrogens with one attached hydrogen (secondary N) is 1. The fraction of sp³-hybridized carbons (Fsp3) is 0.611. The highest BCUT2D eigenvalue weighted by Crippen LogP contribution is 2.33. The SMILES string of the molecule is COc1cc2c(cc1OC)CN(S(=O)(=O)CCNC(=O)CC(C)C)CC2. The predicted molar refractivity (Wildman–Crippen MR) is 99.9 cm³/mol. The summed E-state index contributed by atoms with van der Waals surface area (Å²) in [6, 6.07) is 3.74. The summed E-state index contributed by atoms with van der Waals surface area (Å²) in [4.78, 5) is 11.7. The molecule has 0 spiro atoms. The van der Waals surface area contributed by atoms with Gasteiger partial charge in [0.15, 0.2) is 11.5 Å². The van der Waals surface area contributed by atoms with Gasteiger partial charge >= 0.3 is 0 Å². The molecule has 0 bridgehead atoms. The molecule has 1 aliphatic rings. The third kappa shape index (κ3) is 5.11. The first kappa shape index (κ1) is 20.5. The fourth-order valence-electron chi connectivity index (χ4n) is 2.99. The van der Waals surface area contributed by atoms with Crippen LogP contribution < -0.4 is 14.8 Å². The van der Waals surface area contributed by atoms with E-state index in [2.05, 4.69) is 5.32 Å². The van der Waals surface area contributed by atoms with Crippen molar-refractivity contribution in [3.8, 4) is 11.5 Å². The lowest BCUT2D eigenvalue weighted by atomic mass is 10.0. The third-order valence-corrected chi connectivity index (χ3v) is 6.17. The maximum absolute atomic E-state index is 12.6. The molecule has 8 heteroatoms. The molecule has 0 atom stereocenters. The van der Waals surface area contributed by atoms with Crippen molar-refractivity contribution < 1.29 is 22.7 Å². The van der Waals surface area contributed by atoms with Crippen LogP contribution in [0.4, 0.5) is 0 Å². The molecule has 0 radical (unpaired) electrons. The molecule has 1 amide bonds. The highest BCUT2D eigenvalue weighted by Gasteiger charge is 2.27. The second-order valence-corrected chi connectivity index (χ2v) is 8.91. The summed E-state index contributed by atoms with van der Waals surface area (Å²) in [6.07, 6.45) is 1.02. The van der Waals surface area contributed by atoms with Gasteiger partial charge in [0.2, 0.25) is 15.9 Å². The monoisotopic (exact) mass is 384 g/mol. The molecule has 0 unspecified atom stereocenters. The average molecular weight is 384 g/mol. The Morgan fingerprint density at radius 2 is 1.81 bits per heavy atom. The minimum Gasteiger partial charge on any atom is -0.493 e. The van der Waals surface area contributed by atoms with Crippen molar-refractivity contribution in [2.24, 2.45) is 5.92 Å². The van der Waals surface area contributed by atoms with Gasteiger partial charge in [-0.2, -0.15) is 4.31 Å². The van der Waals surface area contributed by atoms with Gasteiger partial charge in [-0.25, -0.2) is 8.42 Å². The Balaban J connectivity index is 2.01. The fourth-order valence-corrected chi connectivity index (χ4v) is 4.31. The number of sulfonamides is 1. The molecule has 1 heterocycles. The highest BCUT2D eigenvalue weighted by molar-refractivity contribution is 7.89. The van der Waals surface area contributed by atoms with Crippen LogP contribution in [0.2, 0.25) is 0 Å². The van der Waals surface area contributed by atoms with Crippen LogP contribution in [0.1, 0.15) is 31.4 Å². The molecular weight excluding hydrogens is 356 g/mol. The lowest BCUT2D eigenvalue weighted by Gasteiger charge is -2.29. The third-order valence-electron chi connectivity index (χ3n) is 4.35. The number of ether oxygens (including phenoxy) is 2. The van der Waals surface area contributed by atoms with E-state index < -0.39 is 10.0 Å². The topological polar surface area (TPSA) is 84.9 Å². The number of hydrogen-bond donors (Lipinski definition) is 1. The smallest absolute Gasteiger partial charge is 0.220 e. The molecule has 1 N–H and O–H groups in total. The summed E-state index contributed by atoms with van der Waals surface area (Å²) >= 11 is 0. The number of rotatable bonds is 8. The molecule has 0 aromatic heterocycles. The lowest BCUT2D eigenvalue weighted by molar-refractivity contribution is -0.121. The maximum atomic E-state index is 12.6. The summed E-state index contributed by atoms with van der Waals surface area (Å²) in [5.74, 6) is 1.27. The summed E-state index contributed by atoms with van der Waals surface area (Å²) in [5.41, 5.74) is 1.99. The van der Waals surface area contributed by atoms with Crippen molar-refractivity contribution in [3.63, 3.8) is 0 Å². The van der Waals surface area contributed by atoms with E-state index in [1.54, 1.807) is 14.2 Å². The molecule has 0 saturated carbocycles. The Hall–Kier alpha value is -1.80. The van der Waals surface area contributed by atoms with Gasteiger partial charge in [-0.15, -0.1) is 0 Å². The lowest BCUT2D eigenvalue weighted by Crippen LogP contribution is -2.40. The van der Waals surface area contributed by atoms with E-state index in [0.717, 1.165) is 11.1 Å². The largest absolute Gasteiger partial charge is 0.493 e. The number of benzene rings is 1. The van der Waals surface area contributed by atoms with E-state index in [1.165, 1.54) is 4.31 Å². The van der Waals surface area contributed by atoms with Crippen molar-refractivity contribution in [1.29, 1.82) is 0 Å². The zero-order valence-corrected chi connectivity index (χ0v) is 16.7. The molecule has 0 saturated heterocycles. The van der Waals surface area contributed by atoms with Crippen molar-refractivity contribution in [3.05, 3.63) is 23.3 Å². The van der Waals surface area contributed by atoms with E-state index in [4.69, 9.17) is 9.47 Å². The number of carbonyl (C=O) groups is 1. The molecule has 1 aromatic rings. The number of fused-ring (bicyclic) bond motifs is 1. The summed E-state index contributed by atoms with van der Waals surface area (Å²) in [7, 11) is -0.301. The molecule has 146 valence electrons. The minimum absolute atomic E-state index is 0.0978. The van der Waals surface area contributed by atoms with Gasteiger partial charge in [-0.1, -0.05) is 13.8 Å². The Labute approximate surface area is 155 Å². The number of nitrogens with zero attached hydrogens (tertiary/aromatic N) is 1. The quantitative estimate of drug-likeness (QED) is 0.735. The Kier molecular flexibility index (Phi) is 6.88. The number of amides is 1. The molecule has 0 aliphatic carbocycles. The zero-order valence-electron chi connectivity index (χ0n) is 15.9. The zero-order chi connectivity index (χ0) is 19.3. The van der Waals surface area contributed by atoms with Crippen LogP contribution >= 0.6 is 0 Å². The first-order chi connectivity index (χ1) is 12.3. The maximum Gasteiger partial charge on any atom is 0.220 e. The molecule has 1 aliphatic heterocycles. The average Bonchev–Trinajstić information content (AvgIpc) is 2.59. The van der Waals surface area contributed by atoms with Crippen LogP contribution in [0.25, 0.3) is 0 Å². The molecule has 0 fully saturated rings. The van der Waals surface area contributed by atoms with Gasteiger partial charge in [0.25, 0.3) is 0 Å². The van der Waals surface area contributed by atoms with Gasteiger partial charge in [0, 0.05) is 26.1 Å². The molecule has 2 rings (SSSR count). The van der Waals surface area contributed by atoms with Crippen molar-refractivity contribution in [1.82, 2.24) is 9.62 Å². The normalized spacial score (nSPS) is 14.8. The first-order valence-corrected chi connectivity index (χ1v) is 10.4. The van der Waals surface area contributed by atoms with Crippen molar-refractivity contribution >= 4 is 15.9 Å². The second-order valence-electron chi connectivity index (χ2n) is 6.82. The molecule has 7 nitrogen and oxygen atoms in total. The van der Waals surface area contributed by atoms with Crippen molar-refractivity contribution in [2.45, 2.75) is 33.2 Å². The Morgan fingerprint density at radius 3 is 2.38 bits per heavy atom. The van der Waals surface area contributed by atoms with Crippen LogP contribution in [-0.4, -0.2) is 51.7 Å². The van der Waals surface area contributed by atoms with Gasteiger partial charge in [0.05, 0.1) is 20.0 Å². The van der Waals surface area contributed by atoms with Gasteiger partial charge in [-0.3, -0.25) is 4.79 Å². The van der Waals surface area contributed by atoms with Gasteiger partial charge in [0.1, 0.15) is 0 Å². The van der Waals surface area contributed by atoms with Crippen LogP contribution in [0.5, 0.6) is 11.5 Å². The summed E-state index contributed by atoms with van der Waals surface area (Å²) < 4.78 is 37.3. The molecular formula is C18H28N2O5S. The summed E-state index contributed by atoms with van der Waals surface area (Å²) in [6.45, 7) is 4.75.